The first-order valence-electron chi connectivity index (χ1n) is 19.8. The van der Waals surface area contributed by atoms with E-state index in [-0.39, 0.29) is 69.1 Å². The fourth-order valence-electron chi connectivity index (χ4n) is 6.93. The number of hydrogen-bond acceptors (Lipinski definition) is 14. The van der Waals surface area contributed by atoms with Gasteiger partial charge in [0.2, 0.25) is 11.8 Å². The Morgan fingerprint density at radius 1 is 0.655 bits per heavy atom. The molecule has 3 aliphatic heterocycles. The van der Waals surface area contributed by atoms with E-state index in [0.29, 0.717) is 68.7 Å². The molecular weight excluding hydrogens is 748 g/mol. The molecule has 0 fully saturated rings. The number of ether oxygens (including phenoxy) is 2. The van der Waals surface area contributed by atoms with Crippen LogP contribution in [0.3, 0.4) is 0 Å². The fraction of sp³-hybridized carbons (Fsp3) is 0.537. The van der Waals surface area contributed by atoms with Crippen molar-refractivity contribution in [3.8, 4) is 0 Å². The molecule has 0 aliphatic carbocycles. The van der Waals surface area contributed by atoms with Gasteiger partial charge in [-0.3, -0.25) is 28.9 Å². The number of benzene rings is 1. The van der Waals surface area contributed by atoms with Crippen LogP contribution in [0.25, 0.3) is 0 Å². The molecule has 0 bridgehead atoms. The summed E-state index contributed by atoms with van der Waals surface area (Å²) >= 11 is 0. The number of rotatable bonds is 20. The zero-order valence-corrected chi connectivity index (χ0v) is 33.7. The number of methoxy groups -OCH3 is 1. The van der Waals surface area contributed by atoms with Crippen LogP contribution in [0.4, 0.5) is 4.79 Å². The highest BCUT2D eigenvalue weighted by molar-refractivity contribution is 5.99. The predicted octanol–water partition coefficient (Wildman–Crippen LogP) is 0.644. The van der Waals surface area contributed by atoms with Gasteiger partial charge in [-0.2, -0.15) is 0 Å². The van der Waals surface area contributed by atoms with Gasteiger partial charge < -0.3 is 46.7 Å². The van der Waals surface area contributed by atoms with Gasteiger partial charge in [-0.15, -0.1) is 0 Å². The van der Waals surface area contributed by atoms with Crippen molar-refractivity contribution in [3.05, 3.63) is 71.2 Å². The molecule has 17 nitrogen and oxygen atoms in total. The molecule has 3 atom stereocenters. The highest BCUT2D eigenvalue weighted by Crippen LogP contribution is 2.18. The summed E-state index contributed by atoms with van der Waals surface area (Å²) in [5.41, 5.74) is 13.3. The van der Waals surface area contributed by atoms with Gasteiger partial charge >= 0.3 is 12.1 Å². The lowest BCUT2D eigenvalue weighted by atomic mass is 10.00. The molecule has 0 aromatic heterocycles. The highest BCUT2D eigenvalue weighted by atomic mass is 16.6. The van der Waals surface area contributed by atoms with Gasteiger partial charge in [-0.1, -0.05) is 44.2 Å². The minimum Gasteiger partial charge on any atom is -0.467 e. The summed E-state index contributed by atoms with van der Waals surface area (Å²) in [5, 5.41) is 9.44. The van der Waals surface area contributed by atoms with Crippen LogP contribution in [-0.2, 0) is 44.8 Å². The zero-order valence-electron chi connectivity index (χ0n) is 33.7. The van der Waals surface area contributed by atoms with Crippen molar-refractivity contribution in [2.24, 2.45) is 17.4 Å². The summed E-state index contributed by atoms with van der Waals surface area (Å²) in [5.74, 6) is -2.62. The second kappa shape index (κ2) is 22.4. The summed E-state index contributed by atoms with van der Waals surface area (Å²) < 4.78 is 10.4. The van der Waals surface area contributed by atoms with Crippen molar-refractivity contribution in [2.45, 2.75) is 77.1 Å². The molecule has 3 amide bonds. The molecule has 3 heterocycles. The van der Waals surface area contributed by atoms with Gasteiger partial charge in [0.25, 0.3) is 0 Å². The fourth-order valence-corrected chi connectivity index (χ4v) is 6.93. The zero-order chi connectivity index (χ0) is 42.2. The lowest BCUT2D eigenvalue weighted by molar-refractivity contribution is -0.143. The molecule has 0 saturated heterocycles. The first kappa shape index (κ1) is 45.2. The molecule has 0 saturated carbocycles. The van der Waals surface area contributed by atoms with E-state index in [1.54, 1.807) is 0 Å². The van der Waals surface area contributed by atoms with Crippen LogP contribution in [0.15, 0.2) is 65.7 Å². The summed E-state index contributed by atoms with van der Waals surface area (Å²) in [7, 11) is 1.28. The number of hydrogen-bond donors (Lipinski definition) is 5. The maximum Gasteiger partial charge on any atom is 0.410 e. The van der Waals surface area contributed by atoms with E-state index in [9.17, 15) is 33.6 Å². The summed E-state index contributed by atoms with van der Waals surface area (Å²) in [6.45, 7) is 4.04. The van der Waals surface area contributed by atoms with E-state index in [1.165, 1.54) is 40.0 Å². The quantitative estimate of drug-likeness (QED) is 0.0899. The van der Waals surface area contributed by atoms with Crippen molar-refractivity contribution in [1.29, 1.82) is 0 Å². The van der Waals surface area contributed by atoms with Crippen LogP contribution in [0.2, 0.25) is 0 Å². The Morgan fingerprint density at radius 2 is 1.14 bits per heavy atom. The van der Waals surface area contributed by atoms with E-state index in [2.05, 4.69) is 16.0 Å². The maximum absolute atomic E-state index is 14.2. The molecule has 316 valence electrons. The van der Waals surface area contributed by atoms with Gasteiger partial charge in [0.05, 0.1) is 46.4 Å². The van der Waals surface area contributed by atoms with E-state index in [1.807, 2.05) is 44.2 Å². The molecule has 17 heteroatoms. The van der Waals surface area contributed by atoms with Crippen LogP contribution in [0, 0.1) is 5.92 Å². The van der Waals surface area contributed by atoms with E-state index in [0.717, 1.165) is 5.56 Å². The van der Waals surface area contributed by atoms with Crippen molar-refractivity contribution < 1.29 is 43.0 Å². The van der Waals surface area contributed by atoms with E-state index >= 15 is 0 Å². The number of esters is 1. The molecule has 58 heavy (non-hydrogen) atoms. The lowest BCUT2D eigenvalue weighted by Gasteiger charge is -2.36. The van der Waals surface area contributed by atoms with Crippen molar-refractivity contribution in [1.82, 2.24) is 30.7 Å². The number of nitrogens with one attached hydrogen (secondary N) is 3. The average Bonchev–Trinajstić information content (AvgIpc) is 3.20. The third-order valence-corrected chi connectivity index (χ3v) is 9.89. The van der Waals surface area contributed by atoms with Crippen molar-refractivity contribution in [3.63, 3.8) is 0 Å². The van der Waals surface area contributed by atoms with Crippen LogP contribution in [0.1, 0.15) is 57.9 Å². The Kier molecular flexibility index (Phi) is 17.4. The van der Waals surface area contributed by atoms with Crippen LogP contribution < -0.4 is 27.4 Å². The van der Waals surface area contributed by atoms with Crippen LogP contribution in [0.5, 0.6) is 0 Å². The van der Waals surface area contributed by atoms with Crippen LogP contribution in [-0.4, -0.2) is 134 Å². The number of nitrogens with two attached hydrogens (primary N) is 2. The first-order valence-corrected chi connectivity index (χ1v) is 19.8. The SMILES string of the molecule is COC(=O)[C@H](CCCCN)NC1=CC(=O)CN(C(=O)[C@H](NC2=CC(=O)CN(C(=O)[C@H](CCCCN)NC3=CC(=O)CN(C(=O)OCc4ccccc4)C3)C2)C(C)C)C1. The lowest BCUT2D eigenvalue weighted by Crippen LogP contribution is -2.56. The monoisotopic (exact) mass is 806 g/mol. The van der Waals surface area contributed by atoms with Gasteiger partial charge in [-0.25, -0.2) is 9.59 Å². The predicted molar refractivity (Wildman–Crippen MR) is 214 cm³/mol. The Hall–Kier alpha value is -5.55. The third-order valence-electron chi connectivity index (χ3n) is 9.89. The second-order valence-corrected chi connectivity index (χ2v) is 15.0. The molecule has 1 aromatic rings. The Bertz CT molecular complexity index is 1750. The van der Waals surface area contributed by atoms with Gasteiger partial charge in [-0.05, 0) is 63.1 Å². The first-order chi connectivity index (χ1) is 27.8. The number of nitrogens with zero attached hydrogens (tertiary/aromatic N) is 3. The molecule has 1 aromatic carbocycles. The summed E-state index contributed by atoms with van der Waals surface area (Å²) in [6, 6.07) is 6.69. The van der Waals surface area contributed by atoms with Crippen molar-refractivity contribution in [2.75, 3.05) is 59.5 Å². The molecule has 4 rings (SSSR count). The van der Waals surface area contributed by atoms with Gasteiger partial charge in [0, 0.05) is 35.3 Å². The summed E-state index contributed by atoms with van der Waals surface area (Å²) in [4.78, 5) is 96.4. The average molecular weight is 807 g/mol. The number of ketones is 3. The second-order valence-electron chi connectivity index (χ2n) is 15.0. The van der Waals surface area contributed by atoms with Crippen molar-refractivity contribution >= 4 is 41.2 Å². The Balaban J connectivity index is 1.43. The largest absolute Gasteiger partial charge is 0.467 e. The number of unbranched alkanes of at least 4 members (excludes halogenated alkanes) is 2. The number of amides is 3. The molecule has 0 radical (unpaired) electrons. The smallest absolute Gasteiger partial charge is 0.410 e. The topological polar surface area (TPSA) is 236 Å². The minimum absolute atomic E-state index is 0.00685. The summed E-state index contributed by atoms with van der Waals surface area (Å²) in [6.07, 6.45) is 6.80. The number of carbonyl (C=O) groups excluding carboxylic acids is 7. The molecule has 3 aliphatic rings. The standard InChI is InChI=1S/C41H58N8O9/c1-27(2)37(39(54)48-20-29(17-32(50)24-48)45-36(40(55)57-3)14-8-10-16-43)46-31-19-33(51)23-47(21-31)38(53)35(13-7-9-15-42)44-30-18-34(52)25-49(22-30)41(56)58-26-28-11-5-4-6-12-28/h4-6,11-12,17-19,27,35-37,44-46H,7-10,13-16,20-26,42-43H2,1-3H3/t35-,36-,37+/m0/s1. The van der Waals surface area contributed by atoms with E-state index < -0.39 is 42.0 Å². The Labute approximate surface area is 339 Å². The Morgan fingerprint density at radius 3 is 1.67 bits per heavy atom. The van der Waals surface area contributed by atoms with Crippen LogP contribution >= 0.6 is 0 Å². The molecule has 0 spiro atoms. The van der Waals surface area contributed by atoms with Gasteiger partial charge in [0.15, 0.2) is 17.3 Å². The number of carbonyl (C=O) groups is 7. The minimum atomic E-state index is -0.869. The third kappa shape index (κ3) is 13.5. The van der Waals surface area contributed by atoms with E-state index in [4.69, 9.17) is 20.9 Å². The molecule has 0 unspecified atom stereocenters. The maximum atomic E-state index is 14.2. The molecule has 7 N–H and O–H groups in total. The normalized spacial score (nSPS) is 17.4. The molecular formula is C41H58N8O9. The van der Waals surface area contributed by atoms with Gasteiger partial charge in [0.1, 0.15) is 24.7 Å². The highest BCUT2D eigenvalue weighted by Gasteiger charge is 2.35.